The quantitative estimate of drug-likeness (QED) is 0.522. The van der Waals surface area contributed by atoms with Gasteiger partial charge in [0.25, 0.3) is 5.91 Å². The monoisotopic (exact) mass is 389 g/mol. The molecular formula is C23H23N3O3. The van der Waals surface area contributed by atoms with Crippen molar-refractivity contribution in [2.75, 3.05) is 6.61 Å². The molecular weight excluding hydrogens is 366 g/mol. The van der Waals surface area contributed by atoms with E-state index < -0.39 is 0 Å². The van der Waals surface area contributed by atoms with E-state index in [4.69, 9.17) is 4.74 Å². The van der Waals surface area contributed by atoms with Crippen LogP contribution in [0.2, 0.25) is 0 Å². The van der Waals surface area contributed by atoms with Crippen LogP contribution < -0.4 is 4.74 Å². The summed E-state index contributed by atoms with van der Waals surface area (Å²) in [6.07, 6.45) is 7.32. The number of Topliss-reactive ketones (excluding diaryl/α,β-unsaturated/α-hetero) is 1. The molecule has 6 nitrogen and oxygen atoms in total. The number of amides is 1. The number of ketones is 1. The maximum atomic E-state index is 12.9. The number of hydrogen-bond acceptors (Lipinski definition) is 5. The molecule has 0 aliphatic carbocycles. The number of nitrogens with zero attached hydrogens (tertiary/aromatic N) is 3. The number of pyridine rings is 2. The number of rotatable bonds is 9. The van der Waals surface area contributed by atoms with E-state index in [1.807, 2.05) is 31.2 Å². The molecule has 0 spiro atoms. The van der Waals surface area contributed by atoms with E-state index >= 15 is 0 Å². The molecule has 0 atom stereocenters. The number of hydrogen-bond donors (Lipinski definition) is 0. The molecule has 0 unspecified atom stereocenters. The van der Waals surface area contributed by atoms with Crippen LogP contribution in [0.25, 0.3) is 0 Å². The van der Waals surface area contributed by atoms with E-state index in [0.29, 0.717) is 30.8 Å². The van der Waals surface area contributed by atoms with Gasteiger partial charge in [0.05, 0.1) is 0 Å². The van der Waals surface area contributed by atoms with E-state index in [2.05, 4.69) is 9.97 Å². The molecule has 148 valence electrons. The lowest BCUT2D eigenvalue weighted by Crippen LogP contribution is -2.34. The summed E-state index contributed by atoms with van der Waals surface area (Å²) in [5.74, 6) is 0.489. The number of aromatic nitrogens is 2. The van der Waals surface area contributed by atoms with Crippen molar-refractivity contribution in [2.45, 2.75) is 26.4 Å². The van der Waals surface area contributed by atoms with E-state index in [9.17, 15) is 9.59 Å². The highest BCUT2D eigenvalue weighted by Crippen LogP contribution is 2.15. The maximum Gasteiger partial charge on any atom is 0.261 e. The normalized spacial score (nSPS) is 10.4. The molecule has 6 heteroatoms. The zero-order chi connectivity index (χ0) is 20.5. The van der Waals surface area contributed by atoms with E-state index in [-0.39, 0.29) is 18.3 Å². The first-order valence-electron chi connectivity index (χ1n) is 9.47. The minimum Gasteiger partial charge on any atom is -0.484 e. The molecule has 1 amide bonds. The fourth-order valence-electron chi connectivity index (χ4n) is 2.83. The molecule has 0 aliphatic heterocycles. The van der Waals surface area contributed by atoms with Gasteiger partial charge in [0, 0.05) is 49.9 Å². The van der Waals surface area contributed by atoms with Crippen LogP contribution in [0, 0.1) is 0 Å². The van der Waals surface area contributed by atoms with Gasteiger partial charge >= 0.3 is 0 Å². The summed E-state index contributed by atoms with van der Waals surface area (Å²) in [7, 11) is 0. The summed E-state index contributed by atoms with van der Waals surface area (Å²) in [5, 5.41) is 0. The second kappa shape index (κ2) is 10.1. The van der Waals surface area contributed by atoms with Gasteiger partial charge in [-0.25, -0.2) is 0 Å². The molecule has 1 aromatic carbocycles. The molecule has 0 radical (unpaired) electrons. The minimum atomic E-state index is -0.139. The molecule has 0 saturated heterocycles. The van der Waals surface area contributed by atoms with Crippen LogP contribution in [0.5, 0.6) is 5.75 Å². The molecule has 0 saturated carbocycles. The van der Waals surface area contributed by atoms with E-state index in [0.717, 1.165) is 11.1 Å². The third-order valence-electron chi connectivity index (χ3n) is 4.43. The molecule has 0 bridgehead atoms. The first kappa shape index (κ1) is 20.2. The SMILES string of the molecule is CCC(=O)c1ccc(OCC(=O)N(Cc2ccncc2)Cc2cccnc2)cc1. The Kier molecular flexibility index (Phi) is 7.05. The third-order valence-corrected chi connectivity index (χ3v) is 4.43. The van der Waals surface area contributed by atoms with Crippen molar-refractivity contribution in [3.8, 4) is 5.75 Å². The second-order valence-electron chi connectivity index (χ2n) is 6.56. The Morgan fingerprint density at radius 3 is 2.28 bits per heavy atom. The van der Waals surface area contributed by atoms with Gasteiger partial charge in [-0.3, -0.25) is 19.6 Å². The summed E-state index contributed by atoms with van der Waals surface area (Å²) < 4.78 is 5.66. The lowest BCUT2D eigenvalue weighted by Gasteiger charge is -2.23. The summed E-state index contributed by atoms with van der Waals surface area (Å²) in [5.41, 5.74) is 2.57. The van der Waals surface area contributed by atoms with Crippen LogP contribution >= 0.6 is 0 Å². The van der Waals surface area contributed by atoms with Crippen LogP contribution in [0.15, 0.2) is 73.3 Å². The maximum absolute atomic E-state index is 12.9. The van der Waals surface area contributed by atoms with Crippen molar-refractivity contribution in [1.82, 2.24) is 14.9 Å². The fraction of sp³-hybridized carbons (Fsp3) is 0.217. The topological polar surface area (TPSA) is 72.4 Å². The minimum absolute atomic E-state index is 0.0765. The Bertz CT molecular complexity index is 887. The molecule has 2 heterocycles. The van der Waals surface area contributed by atoms with Crippen LogP contribution in [0.3, 0.4) is 0 Å². The van der Waals surface area contributed by atoms with Crippen molar-refractivity contribution >= 4 is 11.7 Å². The van der Waals surface area contributed by atoms with Crippen molar-refractivity contribution in [3.05, 3.63) is 90.0 Å². The Morgan fingerprint density at radius 1 is 0.897 bits per heavy atom. The van der Waals surface area contributed by atoms with Gasteiger partial charge in [-0.15, -0.1) is 0 Å². The van der Waals surface area contributed by atoms with Gasteiger partial charge in [0.15, 0.2) is 12.4 Å². The molecule has 29 heavy (non-hydrogen) atoms. The lowest BCUT2D eigenvalue weighted by molar-refractivity contribution is -0.134. The molecule has 0 N–H and O–H groups in total. The van der Waals surface area contributed by atoms with Crippen molar-refractivity contribution in [1.29, 1.82) is 0 Å². The molecule has 3 aromatic rings. The number of carbonyl (C=O) groups is 2. The van der Waals surface area contributed by atoms with Gasteiger partial charge in [-0.05, 0) is 53.6 Å². The fourth-order valence-corrected chi connectivity index (χ4v) is 2.83. The number of benzene rings is 1. The van der Waals surface area contributed by atoms with Gasteiger partial charge in [-0.1, -0.05) is 13.0 Å². The largest absolute Gasteiger partial charge is 0.484 e. The zero-order valence-electron chi connectivity index (χ0n) is 16.3. The smallest absolute Gasteiger partial charge is 0.261 e. The molecule has 3 rings (SSSR count). The standard InChI is InChI=1S/C23H23N3O3/c1-2-22(27)20-5-7-21(8-6-20)29-17-23(28)26(15-18-9-12-24-13-10-18)16-19-4-3-11-25-14-19/h3-14H,2,15-17H2,1H3. The highest BCUT2D eigenvalue weighted by Gasteiger charge is 2.16. The lowest BCUT2D eigenvalue weighted by atomic mass is 10.1. The Balaban J connectivity index is 1.66. The summed E-state index contributed by atoms with van der Waals surface area (Å²) in [6, 6.07) is 14.4. The Morgan fingerprint density at radius 2 is 1.62 bits per heavy atom. The van der Waals surface area contributed by atoms with Gasteiger partial charge in [-0.2, -0.15) is 0 Å². The van der Waals surface area contributed by atoms with Crippen molar-refractivity contribution in [2.24, 2.45) is 0 Å². The van der Waals surface area contributed by atoms with Gasteiger partial charge in [0.2, 0.25) is 0 Å². The van der Waals surface area contributed by atoms with Crippen molar-refractivity contribution < 1.29 is 14.3 Å². The molecule has 0 aliphatic rings. The highest BCUT2D eigenvalue weighted by atomic mass is 16.5. The van der Waals surface area contributed by atoms with E-state index in [1.54, 1.807) is 54.0 Å². The van der Waals surface area contributed by atoms with Crippen molar-refractivity contribution in [3.63, 3.8) is 0 Å². The number of carbonyl (C=O) groups excluding carboxylic acids is 2. The Hall–Kier alpha value is -3.54. The molecule has 0 fully saturated rings. The first-order chi connectivity index (χ1) is 14.2. The predicted molar refractivity (Wildman–Crippen MR) is 109 cm³/mol. The summed E-state index contributed by atoms with van der Waals surface area (Å²) in [6.45, 7) is 2.61. The van der Waals surface area contributed by atoms with Crippen LogP contribution in [-0.4, -0.2) is 33.2 Å². The average molecular weight is 389 g/mol. The summed E-state index contributed by atoms with van der Waals surface area (Å²) in [4.78, 5) is 34.4. The predicted octanol–water partition coefficient (Wildman–Crippen LogP) is 3.68. The number of ether oxygens (including phenoxy) is 1. The second-order valence-corrected chi connectivity index (χ2v) is 6.56. The van der Waals surface area contributed by atoms with Gasteiger partial charge in [0.1, 0.15) is 5.75 Å². The highest BCUT2D eigenvalue weighted by molar-refractivity contribution is 5.95. The van der Waals surface area contributed by atoms with Crippen LogP contribution in [0.1, 0.15) is 34.8 Å². The van der Waals surface area contributed by atoms with Crippen LogP contribution in [-0.2, 0) is 17.9 Å². The average Bonchev–Trinajstić information content (AvgIpc) is 2.78. The van der Waals surface area contributed by atoms with Gasteiger partial charge < -0.3 is 9.64 Å². The molecule has 2 aromatic heterocycles. The van der Waals surface area contributed by atoms with Crippen LogP contribution in [0.4, 0.5) is 0 Å². The van der Waals surface area contributed by atoms with E-state index in [1.165, 1.54) is 0 Å². The third kappa shape index (κ3) is 5.97. The Labute approximate surface area is 170 Å². The first-order valence-corrected chi connectivity index (χ1v) is 9.47. The zero-order valence-corrected chi connectivity index (χ0v) is 16.3. The summed E-state index contributed by atoms with van der Waals surface area (Å²) >= 11 is 0.